The average molecular weight is 255 g/mol. The van der Waals surface area contributed by atoms with Crippen molar-refractivity contribution < 1.29 is 9.53 Å². The standard InChI is InChI=1S/C13H25N3O2/c1-3-16-7-4-5-11(9-16)15-13(17)12-10(2)18-8-6-14-12/h10-12,14H,3-9H2,1-2H3,(H,15,17)/t10-,11?,12+/m1/s1. The largest absolute Gasteiger partial charge is 0.375 e. The van der Waals surface area contributed by atoms with Gasteiger partial charge in [0.2, 0.25) is 5.91 Å². The number of likely N-dealkylation sites (tertiary alicyclic amines) is 1. The van der Waals surface area contributed by atoms with Gasteiger partial charge in [-0.05, 0) is 32.9 Å². The van der Waals surface area contributed by atoms with E-state index in [-0.39, 0.29) is 18.1 Å². The van der Waals surface area contributed by atoms with E-state index in [1.807, 2.05) is 6.92 Å². The maximum atomic E-state index is 12.2. The van der Waals surface area contributed by atoms with Crippen LogP contribution in [0.25, 0.3) is 0 Å². The quantitative estimate of drug-likeness (QED) is 0.743. The predicted molar refractivity (Wildman–Crippen MR) is 70.5 cm³/mol. The predicted octanol–water partition coefficient (Wildman–Crippen LogP) is -0.0362. The zero-order chi connectivity index (χ0) is 13.0. The van der Waals surface area contributed by atoms with Crippen LogP contribution >= 0.6 is 0 Å². The van der Waals surface area contributed by atoms with Gasteiger partial charge in [0.1, 0.15) is 6.04 Å². The first-order chi connectivity index (χ1) is 8.70. The summed E-state index contributed by atoms with van der Waals surface area (Å²) in [5, 5.41) is 6.39. The molecule has 2 aliphatic heterocycles. The fourth-order valence-electron chi connectivity index (χ4n) is 2.78. The van der Waals surface area contributed by atoms with Gasteiger partial charge in [-0.3, -0.25) is 4.79 Å². The van der Waals surface area contributed by atoms with Crippen LogP contribution in [0.4, 0.5) is 0 Å². The molecule has 2 rings (SSSR count). The molecule has 18 heavy (non-hydrogen) atoms. The molecule has 0 saturated carbocycles. The maximum absolute atomic E-state index is 12.2. The second kappa shape index (κ2) is 6.50. The number of amides is 1. The Morgan fingerprint density at radius 2 is 2.39 bits per heavy atom. The second-order valence-electron chi connectivity index (χ2n) is 5.25. The van der Waals surface area contributed by atoms with Crippen LogP contribution in [0.15, 0.2) is 0 Å². The lowest BCUT2D eigenvalue weighted by atomic mass is 10.0. The summed E-state index contributed by atoms with van der Waals surface area (Å²) in [6.07, 6.45) is 2.22. The van der Waals surface area contributed by atoms with E-state index < -0.39 is 0 Å². The monoisotopic (exact) mass is 255 g/mol. The molecule has 5 heteroatoms. The Labute approximate surface area is 109 Å². The first kappa shape index (κ1) is 13.8. The molecule has 0 radical (unpaired) electrons. The first-order valence-electron chi connectivity index (χ1n) is 7.08. The minimum absolute atomic E-state index is 0.0374. The van der Waals surface area contributed by atoms with Crippen LogP contribution < -0.4 is 10.6 Å². The van der Waals surface area contributed by atoms with E-state index in [2.05, 4.69) is 22.5 Å². The van der Waals surface area contributed by atoms with Crippen molar-refractivity contribution in [3.8, 4) is 0 Å². The molecule has 2 N–H and O–H groups in total. The fraction of sp³-hybridized carbons (Fsp3) is 0.923. The van der Waals surface area contributed by atoms with Crippen LogP contribution in [0.2, 0.25) is 0 Å². The molecule has 1 amide bonds. The lowest BCUT2D eigenvalue weighted by Gasteiger charge is -2.35. The van der Waals surface area contributed by atoms with Crippen molar-refractivity contribution >= 4 is 5.91 Å². The second-order valence-corrected chi connectivity index (χ2v) is 5.25. The molecule has 2 saturated heterocycles. The maximum Gasteiger partial charge on any atom is 0.240 e. The van der Waals surface area contributed by atoms with Gasteiger partial charge in [0.25, 0.3) is 0 Å². The molecule has 1 unspecified atom stereocenters. The molecular formula is C13H25N3O2. The normalized spacial score (nSPS) is 34.2. The van der Waals surface area contributed by atoms with Crippen LogP contribution in [0.5, 0.6) is 0 Å². The summed E-state index contributed by atoms with van der Waals surface area (Å²) >= 11 is 0. The van der Waals surface area contributed by atoms with Crippen LogP contribution in [0, 0.1) is 0 Å². The van der Waals surface area contributed by atoms with Crippen molar-refractivity contribution in [2.45, 2.75) is 44.9 Å². The molecular weight excluding hydrogens is 230 g/mol. The smallest absolute Gasteiger partial charge is 0.240 e. The summed E-state index contributed by atoms with van der Waals surface area (Å²) in [5.74, 6) is 0.0881. The number of piperidine rings is 1. The molecule has 3 atom stereocenters. The van der Waals surface area contributed by atoms with E-state index >= 15 is 0 Å². The van der Waals surface area contributed by atoms with Crippen molar-refractivity contribution in [1.29, 1.82) is 0 Å². The van der Waals surface area contributed by atoms with E-state index in [9.17, 15) is 4.79 Å². The van der Waals surface area contributed by atoms with Gasteiger partial charge in [-0.1, -0.05) is 6.92 Å². The summed E-state index contributed by atoms with van der Waals surface area (Å²) in [7, 11) is 0. The Bertz CT molecular complexity index is 285. The van der Waals surface area contributed by atoms with Crippen molar-refractivity contribution in [2.24, 2.45) is 0 Å². The van der Waals surface area contributed by atoms with Gasteiger partial charge < -0.3 is 20.3 Å². The molecule has 0 spiro atoms. The van der Waals surface area contributed by atoms with Crippen LogP contribution in [-0.2, 0) is 9.53 Å². The molecule has 2 heterocycles. The molecule has 2 fully saturated rings. The number of nitrogens with one attached hydrogen (secondary N) is 2. The summed E-state index contributed by atoms with van der Waals surface area (Å²) in [4.78, 5) is 14.6. The van der Waals surface area contributed by atoms with Gasteiger partial charge in [0.15, 0.2) is 0 Å². The lowest BCUT2D eigenvalue weighted by Crippen LogP contribution is -2.58. The van der Waals surface area contributed by atoms with Crippen LogP contribution in [0.3, 0.4) is 0 Å². The van der Waals surface area contributed by atoms with Crippen molar-refractivity contribution in [3.63, 3.8) is 0 Å². The number of rotatable bonds is 3. The number of morpholine rings is 1. The number of carbonyl (C=O) groups is 1. The fourth-order valence-corrected chi connectivity index (χ4v) is 2.78. The van der Waals surface area contributed by atoms with E-state index in [1.165, 1.54) is 6.42 Å². The minimum Gasteiger partial charge on any atom is -0.375 e. The Morgan fingerprint density at radius 1 is 1.56 bits per heavy atom. The third-order valence-corrected chi connectivity index (χ3v) is 3.90. The summed E-state index contributed by atoms with van der Waals surface area (Å²) in [6, 6.07) is 0.0953. The third-order valence-electron chi connectivity index (χ3n) is 3.90. The Hall–Kier alpha value is -0.650. The van der Waals surface area contributed by atoms with Crippen molar-refractivity contribution in [3.05, 3.63) is 0 Å². The van der Waals surface area contributed by atoms with Crippen LogP contribution in [0.1, 0.15) is 26.7 Å². The number of hydrogen-bond acceptors (Lipinski definition) is 4. The number of nitrogens with zero attached hydrogens (tertiary/aromatic N) is 1. The molecule has 0 aromatic heterocycles. The lowest BCUT2D eigenvalue weighted by molar-refractivity contribution is -0.130. The molecule has 5 nitrogen and oxygen atoms in total. The Kier molecular flexibility index (Phi) is 4.97. The van der Waals surface area contributed by atoms with Crippen molar-refractivity contribution in [2.75, 3.05) is 32.8 Å². The average Bonchev–Trinajstić information content (AvgIpc) is 2.39. The molecule has 0 aromatic carbocycles. The van der Waals surface area contributed by atoms with Gasteiger partial charge in [-0.15, -0.1) is 0 Å². The van der Waals surface area contributed by atoms with Gasteiger partial charge in [-0.2, -0.15) is 0 Å². The first-order valence-corrected chi connectivity index (χ1v) is 7.08. The summed E-state index contributed by atoms with van der Waals surface area (Å²) in [5.41, 5.74) is 0. The topological polar surface area (TPSA) is 53.6 Å². The van der Waals surface area contributed by atoms with E-state index in [1.54, 1.807) is 0 Å². The van der Waals surface area contributed by atoms with E-state index in [4.69, 9.17) is 4.74 Å². The summed E-state index contributed by atoms with van der Waals surface area (Å²) < 4.78 is 5.51. The van der Waals surface area contributed by atoms with Crippen molar-refractivity contribution in [1.82, 2.24) is 15.5 Å². The Balaban J connectivity index is 1.82. The van der Waals surface area contributed by atoms with Gasteiger partial charge in [-0.25, -0.2) is 0 Å². The highest BCUT2D eigenvalue weighted by Gasteiger charge is 2.30. The minimum atomic E-state index is -0.198. The highest BCUT2D eigenvalue weighted by atomic mass is 16.5. The van der Waals surface area contributed by atoms with Gasteiger partial charge in [0.05, 0.1) is 12.7 Å². The summed E-state index contributed by atoms with van der Waals surface area (Å²) in [6.45, 7) is 8.77. The number of ether oxygens (including phenoxy) is 1. The highest BCUT2D eigenvalue weighted by molar-refractivity contribution is 5.82. The van der Waals surface area contributed by atoms with E-state index in [0.717, 1.165) is 32.6 Å². The molecule has 0 aliphatic carbocycles. The third kappa shape index (κ3) is 3.43. The van der Waals surface area contributed by atoms with E-state index in [0.29, 0.717) is 12.6 Å². The SMILES string of the molecule is CCN1CCCC(NC(=O)[C@H]2NCCO[C@@H]2C)C1. The van der Waals surface area contributed by atoms with Crippen LogP contribution in [-0.4, -0.2) is 61.8 Å². The zero-order valence-electron chi connectivity index (χ0n) is 11.4. The van der Waals surface area contributed by atoms with Gasteiger partial charge >= 0.3 is 0 Å². The van der Waals surface area contributed by atoms with Gasteiger partial charge in [0, 0.05) is 19.1 Å². The molecule has 0 aromatic rings. The molecule has 0 bridgehead atoms. The number of likely N-dealkylation sites (N-methyl/N-ethyl adjacent to an activating group) is 1. The molecule has 104 valence electrons. The molecule has 2 aliphatic rings. The number of carbonyl (C=O) groups excluding carboxylic acids is 1. The Morgan fingerprint density at radius 3 is 3.11 bits per heavy atom. The number of hydrogen-bond donors (Lipinski definition) is 2. The highest BCUT2D eigenvalue weighted by Crippen LogP contribution is 2.11. The zero-order valence-corrected chi connectivity index (χ0v) is 11.4.